The third kappa shape index (κ3) is 3.29. The van der Waals surface area contributed by atoms with Crippen LogP contribution in [-0.2, 0) is 0 Å². The Bertz CT molecular complexity index is 1110. The fraction of sp³-hybridized carbons (Fsp3) is 0.143. The fourth-order valence-electron chi connectivity index (χ4n) is 3.09. The summed E-state index contributed by atoms with van der Waals surface area (Å²) in [7, 11) is 4.89. The number of hydrogen-bond acceptors (Lipinski definition) is 6. The van der Waals surface area contributed by atoms with E-state index in [1.54, 1.807) is 27.5 Å². The van der Waals surface area contributed by atoms with Crippen molar-refractivity contribution in [1.29, 1.82) is 0 Å². The van der Waals surface area contributed by atoms with Gasteiger partial charge in [0.05, 0.1) is 33.2 Å². The summed E-state index contributed by atoms with van der Waals surface area (Å²) in [6.07, 6.45) is 1.68. The Balaban J connectivity index is 1.90. The molecule has 0 aliphatic carbocycles. The zero-order valence-electron chi connectivity index (χ0n) is 15.8. The van der Waals surface area contributed by atoms with Crippen molar-refractivity contribution in [2.45, 2.75) is 0 Å². The molecule has 0 spiro atoms. The highest BCUT2D eigenvalue weighted by Crippen LogP contribution is 2.36. The lowest BCUT2D eigenvalue weighted by Gasteiger charge is -2.13. The maximum absolute atomic E-state index is 5.46. The van der Waals surface area contributed by atoms with E-state index in [0.717, 1.165) is 33.6 Å². The monoisotopic (exact) mass is 376 g/mol. The summed E-state index contributed by atoms with van der Waals surface area (Å²) in [5.74, 6) is 3.55. The standard InChI is InChI=1S/C21H20N4O3/c1-26-15-5-6-16-14(10-15)12-20(23-19-8-9-22-25-19)24-21(16)13-4-7-17(27-2)18(11-13)28-3/h4-12H,1-3H3,(H2,22,23,24,25). The summed E-state index contributed by atoms with van der Waals surface area (Å²) >= 11 is 0. The van der Waals surface area contributed by atoms with Gasteiger partial charge in [-0.25, -0.2) is 4.98 Å². The van der Waals surface area contributed by atoms with Gasteiger partial charge in [-0.2, -0.15) is 5.10 Å². The number of benzene rings is 2. The molecule has 0 aliphatic rings. The first-order valence-corrected chi connectivity index (χ1v) is 8.69. The van der Waals surface area contributed by atoms with Crippen LogP contribution in [0, 0.1) is 0 Å². The van der Waals surface area contributed by atoms with Crippen molar-refractivity contribution in [1.82, 2.24) is 15.2 Å². The molecule has 142 valence electrons. The van der Waals surface area contributed by atoms with Crippen molar-refractivity contribution in [3.63, 3.8) is 0 Å². The minimum absolute atomic E-state index is 0.649. The van der Waals surface area contributed by atoms with E-state index >= 15 is 0 Å². The van der Waals surface area contributed by atoms with E-state index < -0.39 is 0 Å². The van der Waals surface area contributed by atoms with E-state index in [-0.39, 0.29) is 0 Å². The number of rotatable bonds is 6. The first-order chi connectivity index (χ1) is 13.7. The van der Waals surface area contributed by atoms with Gasteiger partial charge in [-0.1, -0.05) is 0 Å². The Hall–Kier alpha value is -3.74. The molecule has 0 unspecified atom stereocenters. The number of aromatic amines is 1. The maximum Gasteiger partial charge on any atom is 0.161 e. The molecule has 2 aromatic carbocycles. The number of aromatic nitrogens is 3. The van der Waals surface area contributed by atoms with Gasteiger partial charge < -0.3 is 19.5 Å². The number of fused-ring (bicyclic) bond motifs is 1. The summed E-state index contributed by atoms with van der Waals surface area (Å²) < 4.78 is 16.2. The predicted molar refractivity (Wildman–Crippen MR) is 109 cm³/mol. The van der Waals surface area contributed by atoms with Gasteiger partial charge >= 0.3 is 0 Å². The fourth-order valence-corrected chi connectivity index (χ4v) is 3.09. The Morgan fingerprint density at radius 2 is 1.71 bits per heavy atom. The number of ether oxygens (including phenoxy) is 3. The normalized spacial score (nSPS) is 10.7. The molecule has 0 fully saturated rings. The van der Waals surface area contributed by atoms with Crippen LogP contribution in [0.15, 0.2) is 54.7 Å². The molecule has 0 aliphatic heterocycles. The maximum atomic E-state index is 5.46. The molecule has 7 nitrogen and oxygen atoms in total. The summed E-state index contributed by atoms with van der Waals surface area (Å²) in [4.78, 5) is 4.84. The molecule has 0 amide bonds. The quantitative estimate of drug-likeness (QED) is 0.519. The van der Waals surface area contributed by atoms with E-state index in [0.29, 0.717) is 17.3 Å². The van der Waals surface area contributed by atoms with E-state index in [1.165, 1.54) is 0 Å². The Morgan fingerprint density at radius 3 is 2.43 bits per heavy atom. The number of nitrogens with zero attached hydrogens (tertiary/aromatic N) is 2. The summed E-state index contributed by atoms with van der Waals surface area (Å²) in [5.41, 5.74) is 1.74. The lowest BCUT2D eigenvalue weighted by atomic mass is 10.0. The smallest absolute Gasteiger partial charge is 0.161 e. The molecular formula is C21H20N4O3. The predicted octanol–water partition coefficient (Wildman–Crippen LogP) is 4.39. The van der Waals surface area contributed by atoms with Crippen LogP contribution in [0.2, 0.25) is 0 Å². The van der Waals surface area contributed by atoms with Gasteiger partial charge in [0.15, 0.2) is 11.5 Å². The number of nitrogens with one attached hydrogen (secondary N) is 2. The van der Waals surface area contributed by atoms with Crippen molar-refractivity contribution in [3.05, 3.63) is 54.7 Å². The van der Waals surface area contributed by atoms with Crippen molar-refractivity contribution in [3.8, 4) is 28.5 Å². The molecule has 4 aromatic rings. The molecule has 2 N–H and O–H groups in total. The van der Waals surface area contributed by atoms with Crippen molar-refractivity contribution < 1.29 is 14.2 Å². The summed E-state index contributed by atoms with van der Waals surface area (Å²) in [5, 5.41) is 12.1. The van der Waals surface area contributed by atoms with Gasteiger partial charge in [0.2, 0.25) is 0 Å². The number of methoxy groups -OCH3 is 3. The molecule has 0 atom stereocenters. The van der Waals surface area contributed by atoms with Crippen molar-refractivity contribution in [2.24, 2.45) is 0 Å². The lowest BCUT2D eigenvalue weighted by Crippen LogP contribution is -1.98. The van der Waals surface area contributed by atoms with Crippen LogP contribution in [0.5, 0.6) is 17.2 Å². The highest BCUT2D eigenvalue weighted by atomic mass is 16.5. The molecule has 0 saturated heterocycles. The number of pyridine rings is 1. The Morgan fingerprint density at radius 1 is 0.857 bits per heavy atom. The molecule has 28 heavy (non-hydrogen) atoms. The van der Waals surface area contributed by atoms with Crippen LogP contribution in [0.4, 0.5) is 11.6 Å². The highest BCUT2D eigenvalue weighted by molar-refractivity contribution is 5.97. The minimum Gasteiger partial charge on any atom is -0.497 e. The molecule has 0 saturated carbocycles. The van der Waals surface area contributed by atoms with E-state index in [2.05, 4.69) is 15.5 Å². The molecule has 2 heterocycles. The van der Waals surface area contributed by atoms with Crippen LogP contribution in [0.25, 0.3) is 22.0 Å². The zero-order valence-corrected chi connectivity index (χ0v) is 15.8. The third-order valence-corrected chi connectivity index (χ3v) is 4.46. The van der Waals surface area contributed by atoms with Crippen LogP contribution in [0.1, 0.15) is 0 Å². The van der Waals surface area contributed by atoms with Crippen LogP contribution >= 0.6 is 0 Å². The number of H-pyrrole nitrogens is 1. The number of hydrogen-bond donors (Lipinski definition) is 2. The first kappa shape index (κ1) is 17.7. The minimum atomic E-state index is 0.649. The van der Waals surface area contributed by atoms with E-state index in [1.807, 2.05) is 48.5 Å². The van der Waals surface area contributed by atoms with Crippen molar-refractivity contribution >= 4 is 22.4 Å². The molecule has 2 aromatic heterocycles. The second-order valence-electron chi connectivity index (χ2n) is 6.11. The van der Waals surface area contributed by atoms with E-state index in [9.17, 15) is 0 Å². The lowest BCUT2D eigenvalue weighted by molar-refractivity contribution is 0.355. The van der Waals surface area contributed by atoms with Crippen LogP contribution in [-0.4, -0.2) is 36.5 Å². The van der Waals surface area contributed by atoms with Crippen LogP contribution < -0.4 is 19.5 Å². The molecule has 0 bridgehead atoms. The Labute approximate surface area is 162 Å². The molecule has 0 radical (unpaired) electrons. The summed E-state index contributed by atoms with van der Waals surface area (Å²) in [6, 6.07) is 15.5. The second-order valence-corrected chi connectivity index (χ2v) is 6.11. The average Bonchev–Trinajstić information content (AvgIpc) is 3.25. The van der Waals surface area contributed by atoms with Crippen LogP contribution in [0.3, 0.4) is 0 Å². The second kappa shape index (κ2) is 7.48. The van der Waals surface area contributed by atoms with Gasteiger partial charge in [-0.05, 0) is 47.9 Å². The topological polar surface area (TPSA) is 81.3 Å². The van der Waals surface area contributed by atoms with E-state index in [4.69, 9.17) is 19.2 Å². The Kier molecular flexibility index (Phi) is 4.72. The highest BCUT2D eigenvalue weighted by Gasteiger charge is 2.13. The molecule has 7 heteroatoms. The number of anilines is 2. The van der Waals surface area contributed by atoms with Gasteiger partial charge in [0.1, 0.15) is 17.4 Å². The molecular weight excluding hydrogens is 356 g/mol. The first-order valence-electron chi connectivity index (χ1n) is 8.69. The SMILES string of the molecule is COc1ccc2c(-c3ccc(OC)c(OC)c3)nc(Nc3ccn[nH]3)cc2c1. The van der Waals surface area contributed by atoms with Gasteiger partial charge in [0, 0.05) is 17.0 Å². The van der Waals surface area contributed by atoms with Gasteiger partial charge in [-0.3, -0.25) is 5.10 Å². The average molecular weight is 376 g/mol. The molecule has 4 rings (SSSR count). The summed E-state index contributed by atoms with van der Waals surface area (Å²) in [6.45, 7) is 0. The van der Waals surface area contributed by atoms with Gasteiger partial charge in [-0.15, -0.1) is 0 Å². The third-order valence-electron chi connectivity index (χ3n) is 4.46. The zero-order chi connectivity index (χ0) is 19.5. The van der Waals surface area contributed by atoms with Crippen molar-refractivity contribution in [2.75, 3.05) is 26.6 Å². The largest absolute Gasteiger partial charge is 0.497 e. The van der Waals surface area contributed by atoms with Gasteiger partial charge in [0.25, 0.3) is 0 Å².